The average Bonchev–Trinajstić information content (AvgIpc) is 3.12. The highest BCUT2D eigenvalue weighted by atomic mass is 32.1. The molecule has 0 spiro atoms. The molecule has 110 valence electrons. The van der Waals surface area contributed by atoms with Crippen molar-refractivity contribution >= 4 is 17.3 Å². The van der Waals surface area contributed by atoms with Crippen molar-refractivity contribution in [2.75, 3.05) is 19.6 Å². The van der Waals surface area contributed by atoms with Crippen molar-refractivity contribution in [3.63, 3.8) is 0 Å². The summed E-state index contributed by atoms with van der Waals surface area (Å²) in [6.45, 7) is 6.34. The molecule has 0 radical (unpaired) electrons. The molecule has 3 nitrogen and oxygen atoms in total. The van der Waals surface area contributed by atoms with Gasteiger partial charge in [-0.3, -0.25) is 0 Å². The van der Waals surface area contributed by atoms with Gasteiger partial charge in [0.1, 0.15) is 0 Å². The first-order valence-electron chi connectivity index (χ1n) is 7.92. The number of thiophene rings is 1. The molecule has 2 unspecified atom stereocenters. The summed E-state index contributed by atoms with van der Waals surface area (Å²) in [6, 6.07) is 4.27. The lowest BCUT2D eigenvalue weighted by atomic mass is 9.82. The van der Waals surface area contributed by atoms with E-state index in [0.717, 1.165) is 30.9 Å². The van der Waals surface area contributed by atoms with Crippen LogP contribution < -0.4 is 5.32 Å². The Bertz CT molecular complexity index is 427. The molecule has 4 heteroatoms. The van der Waals surface area contributed by atoms with Crippen LogP contribution in [0.1, 0.15) is 37.5 Å². The molecule has 1 aliphatic heterocycles. The third-order valence-corrected chi connectivity index (χ3v) is 5.44. The van der Waals surface area contributed by atoms with Gasteiger partial charge >= 0.3 is 0 Å². The third-order valence-electron chi connectivity index (χ3n) is 4.58. The normalized spacial score (nSPS) is 26.6. The molecule has 0 amide bonds. The standard InChI is InChI=1S/C16H25N3S/c1-2-17-16(18-10-15-8-5-9-20-15)19-11-13-6-3-4-7-14(13)12-19/h5,8-9,13-14H,2-4,6-7,10-12H2,1H3,(H,17,18). The lowest BCUT2D eigenvalue weighted by molar-refractivity contribution is 0.299. The molecule has 1 aromatic heterocycles. The van der Waals surface area contributed by atoms with Crippen molar-refractivity contribution in [1.82, 2.24) is 10.2 Å². The largest absolute Gasteiger partial charge is 0.357 e. The van der Waals surface area contributed by atoms with Gasteiger partial charge < -0.3 is 10.2 Å². The van der Waals surface area contributed by atoms with Crippen LogP contribution in [-0.4, -0.2) is 30.5 Å². The first-order valence-corrected chi connectivity index (χ1v) is 8.80. The van der Waals surface area contributed by atoms with Gasteiger partial charge in [-0.2, -0.15) is 0 Å². The number of nitrogens with zero attached hydrogens (tertiary/aromatic N) is 2. The monoisotopic (exact) mass is 291 g/mol. The number of fused-ring (bicyclic) bond motifs is 1. The van der Waals surface area contributed by atoms with Gasteiger partial charge in [0.05, 0.1) is 6.54 Å². The van der Waals surface area contributed by atoms with Crippen molar-refractivity contribution in [1.29, 1.82) is 0 Å². The van der Waals surface area contributed by atoms with E-state index in [1.165, 1.54) is 43.6 Å². The van der Waals surface area contributed by atoms with Gasteiger partial charge in [0.15, 0.2) is 5.96 Å². The third kappa shape index (κ3) is 3.17. The zero-order chi connectivity index (χ0) is 13.8. The Morgan fingerprint density at radius 2 is 2.10 bits per heavy atom. The van der Waals surface area contributed by atoms with Gasteiger partial charge in [0.2, 0.25) is 0 Å². The minimum Gasteiger partial charge on any atom is -0.357 e. The van der Waals surface area contributed by atoms with E-state index in [2.05, 4.69) is 34.7 Å². The fraction of sp³-hybridized carbons (Fsp3) is 0.688. The van der Waals surface area contributed by atoms with E-state index in [9.17, 15) is 0 Å². The summed E-state index contributed by atoms with van der Waals surface area (Å²) in [5.74, 6) is 2.94. The predicted octanol–water partition coefficient (Wildman–Crippen LogP) is 3.34. The first kappa shape index (κ1) is 13.9. The van der Waals surface area contributed by atoms with Gasteiger partial charge in [-0.15, -0.1) is 11.3 Å². The topological polar surface area (TPSA) is 27.6 Å². The number of rotatable bonds is 3. The van der Waals surface area contributed by atoms with Crippen molar-refractivity contribution in [2.45, 2.75) is 39.2 Å². The molecule has 0 bridgehead atoms. The van der Waals surface area contributed by atoms with E-state index in [-0.39, 0.29) is 0 Å². The highest BCUT2D eigenvalue weighted by molar-refractivity contribution is 7.09. The van der Waals surface area contributed by atoms with Gasteiger partial charge in [0.25, 0.3) is 0 Å². The minimum absolute atomic E-state index is 0.811. The highest BCUT2D eigenvalue weighted by Crippen LogP contribution is 2.35. The fourth-order valence-corrected chi connectivity index (χ4v) is 4.19. The molecule has 1 saturated heterocycles. The Kier molecular flexibility index (Phi) is 4.61. The van der Waals surface area contributed by atoms with Crippen LogP contribution in [0.3, 0.4) is 0 Å². The zero-order valence-corrected chi connectivity index (χ0v) is 13.2. The number of aliphatic imine (C=N–C) groups is 1. The van der Waals surface area contributed by atoms with Gasteiger partial charge in [-0.1, -0.05) is 18.9 Å². The second-order valence-electron chi connectivity index (χ2n) is 5.96. The minimum atomic E-state index is 0.811. The first-order chi connectivity index (χ1) is 9.86. The van der Waals surface area contributed by atoms with Crippen LogP contribution in [0.2, 0.25) is 0 Å². The van der Waals surface area contributed by atoms with Gasteiger partial charge in [-0.05, 0) is 43.0 Å². The Hall–Kier alpha value is -1.03. The smallest absolute Gasteiger partial charge is 0.194 e. The van der Waals surface area contributed by atoms with Crippen molar-refractivity contribution in [3.05, 3.63) is 22.4 Å². The molecule has 2 fully saturated rings. The van der Waals surface area contributed by atoms with Crippen LogP contribution in [0, 0.1) is 11.8 Å². The van der Waals surface area contributed by atoms with E-state index < -0.39 is 0 Å². The van der Waals surface area contributed by atoms with Crippen LogP contribution in [0.4, 0.5) is 0 Å². The lowest BCUT2D eigenvalue weighted by Gasteiger charge is -2.22. The van der Waals surface area contributed by atoms with Crippen molar-refractivity contribution < 1.29 is 0 Å². The summed E-state index contributed by atoms with van der Waals surface area (Å²) in [7, 11) is 0. The van der Waals surface area contributed by atoms with Crippen LogP contribution in [0.5, 0.6) is 0 Å². The molecule has 1 aliphatic carbocycles. The molecule has 20 heavy (non-hydrogen) atoms. The maximum absolute atomic E-state index is 4.84. The Labute approximate surface area is 126 Å². The molecule has 3 rings (SSSR count). The van der Waals surface area contributed by atoms with E-state index in [1.54, 1.807) is 11.3 Å². The predicted molar refractivity (Wildman–Crippen MR) is 86.2 cm³/mol. The summed E-state index contributed by atoms with van der Waals surface area (Å²) in [5, 5.41) is 5.60. The van der Waals surface area contributed by atoms with E-state index in [0.29, 0.717) is 0 Å². The summed E-state index contributed by atoms with van der Waals surface area (Å²) in [5.41, 5.74) is 0. The number of likely N-dealkylation sites (tertiary alicyclic amines) is 1. The maximum atomic E-state index is 4.84. The molecule has 2 heterocycles. The molecule has 1 saturated carbocycles. The number of hydrogen-bond acceptors (Lipinski definition) is 2. The van der Waals surface area contributed by atoms with Crippen molar-refractivity contribution in [3.8, 4) is 0 Å². The van der Waals surface area contributed by atoms with Crippen molar-refractivity contribution in [2.24, 2.45) is 16.8 Å². The number of nitrogens with one attached hydrogen (secondary N) is 1. The lowest BCUT2D eigenvalue weighted by Crippen LogP contribution is -2.40. The number of hydrogen-bond donors (Lipinski definition) is 1. The second kappa shape index (κ2) is 6.61. The highest BCUT2D eigenvalue weighted by Gasteiger charge is 2.35. The van der Waals surface area contributed by atoms with E-state index in [1.807, 2.05) is 0 Å². The Balaban J connectivity index is 1.65. The SMILES string of the molecule is CCNC(=NCc1cccs1)N1CC2CCCCC2C1. The molecule has 0 aromatic carbocycles. The van der Waals surface area contributed by atoms with Gasteiger partial charge in [-0.25, -0.2) is 4.99 Å². The average molecular weight is 291 g/mol. The Morgan fingerprint density at radius 3 is 2.70 bits per heavy atom. The molecular formula is C16H25N3S. The van der Waals surface area contributed by atoms with E-state index in [4.69, 9.17) is 4.99 Å². The summed E-state index contributed by atoms with van der Waals surface area (Å²) in [4.78, 5) is 8.68. The van der Waals surface area contributed by atoms with E-state index >= 15 is 0 Å². The molecular weight excluding hydrogens is 266 g/mol. The Morgan fingerprint density at radius 1 is 1.35 bits per heavy atom. The summed E-state index contributed by atoms with van der Waals surface area (Å²) < 4.78 is 0. The molecule has 1 aromatic rings. The van der Waals surface area contributed by atoms with Crippen LogP contribution in [0.15, 0.2) is 22.5 Å². The van der Waals surface area contributed by atoms with Crippen LogP contribution in [0.25, 0.3) is 0 Å². The van der Waals surface area contributed by atoms with Crippen LogP contribution in [-0.2, 0) is 6.54 Å². The quantitative estimate of drug-likeness (QED) is 0.683. The van der Waals surface area contributed by atoms with Gasteiger partial charge in [0, 0.05) is 24.5 Å². The maximum Gasteiger partial charge on any atom is 0.194 e. The fourth-order valence-electron chi connectivity index (χ4n) is 3.56. The second-order valence-corrected chi connectivity index (χ2v) is 6.99. The summed E-state index contributed by atoms with van der Waals surface area (Å²) in [6.07, 6.45) is 5.70. The zero-order valence-electron chi connectivity index (χ0n) is 12.3. The van der Waals surface area contributed by atoms with Crippen LogP contribution >= 0.6 is 11.3 Å². The molecule has 2 atom stereocenters. The molecule has 1 N–H and O–H groups in total. The molecule has 2 aliphatic rings. The summed E-state index contributed by atoms with van der Waals surface area (Å²) >= 11 is 1.79. The number of guanidine groups is 1.